The van der Waals surface area contributed by atoms with Crippen molar-refractivity contribution in [1.82, 2.24) is 0 Å². The molecule has 8 heteroatoms. The predicted molar refractivity (Wildman–Crippen MR) is 67.5 cm³/mol. The van der Waals surface area contributed by atoms with E-state index >= 15 is 0 Å². The van der Waals surface area contributed by atoms with Gasteiger partial charge < -0.3 is 22.3 Å². The highest BCUT2D eigenvalue weighted by atomic mass is 35.5. The molecule has 7 N–H and O–H groups in total. The first-order valence-corrected chi connectivity index (χ1v) is 4.29. The average Bonchev–Trinajstić information content (AvgIpc) is 2.10. The molecule has 88 valence electrons. The van der Waals surface area contributed by atoms with Crippen molar-refractivity contribution in [3.05, 3.63) is 23.2 Å². The number of halogens is 2. The molecule has 0 fully saturated rings. The lowest BCUT2D eigenvalue weighted by Crippen LogP contribution is -2.26. The Balaban J connectivity index is 0.00000225. The van der Waals surface area contributed by atoms with Crippen LogP contribution in [-0.4, -0.2) is 17.0 Å². The monoisotopic (exact) mass is 263 g/mol. The molecule has 1 rings (SSSR count). The van der Waals surface area contributed by atoms with Crippen molar-refractivity contribution in [2.75, 3.05) is 0 Å². The zero-order valence-corrected chi connectivity index (χ0v) is 9.66. The summed E-state index contributed by atoms with van der Waals surface area (Å²) in [5.74, 6) is -0.432. The summed E-state index contributed by atoms with van der Waals surface area (Å²) in [6, 6.07) is 4.35. The predicted octanol–water partition coefficient (Wildman–Crippen LogP) is 0.687. The summed E-state index contributed by atoms with van der Waals surface area (Å²) in [5, 5.41) is 9.81. The number of nitrogens with zero attached hydrogens (tertiary/aromatic N) is 2. The van der Waals surface area contributed by atoms with Crippen LogP contribution in [0, 0.1) is 0 Å². The van der Waals surface area contributed by atoms with Crippen LogP contribution in [0.5, 0.6) is 5.75 Å². The maximum Gasteiger partial charge on any atom is 0.223 e. The Kier molecular flexibility index (Phi) is 5.41. The summed E-state index contributed by atoms with van der Waals surface area (Å²) in [5.41, 5.74) is 15.8. The van der Waals surface area contributed by atoms with Gasteiger partial charge in [-0.2, -0.15) is 4.99 Å². The molecule has 0 heterocycles. The van der Waals surface area contributed by atoms with Crippen LogP contribution in [0.15, 0.2) is 28.2 Å². The van der Waals surface area contributed by atoms with Crippen LogP contribution < -0.4 is 17.2 Å². The normalized spacial score (nSPS) is 10.4. The third kappa shape index (κ3) is 4.24. The molecule has 0 amide bonds. The summed E-state index contributed by atoms with van der Waals surface area (Å²) in [7, 11) is 0. The van der Waals surface area contributed by atoms with E-state index in [9.17, 15) is 5.11 Å². The largest absolute Gasteiger partial charge is 0.506 e. The summed E-state index contributed by atoms with van der Waals surface area (Å²) < 4.78 is 0. The van der Waals surface area contributed by atoms with Crippen LogP contribution in [0.1, 0.15) is 0 Å². The van der Waals surface area contributed by atoms with Crippen molar-refractivity contribution < 1.29 is 5.11 Å². The maximum atomic E-state index is 9.39. The fourth-order valence-corrected chi connectivity index (χ4v) is 1.03. The van der Waals surface area contributed by atoms with Crippen molar-refractivity contribution >= 4 is 41.6 Å². The topological polar surface area (TPSA) is 123 Å². The number of phenols is 1. The minimum atomic E-state index is -0.210. The smallest absolute Gasteiger partial charge is 0.223 e. The fraction of sp³-hybridized carbons (Fsp3) is 0. The Hall–Kier alpha value is -1.66. The van der Waals surface area contributed by atoms with Crippen molar-refractivity contribution in [2.24, 2.45) is 27.2 Å². The number of phenolic OH excluding ortho intramolecular Hbond substituents is 1. The number of aromatic hydroxyl groups is 1. The van der Waals surface area contributed by atoms with Gasteiger partial charge >= 0.3 is 0 Å². The van der Waals surface area contributed by atoms with Crippen LogP contribution in [0.3, 0.4) is 0 Å². The number of rotatable bonds is 1. The Morgan fingerprint density at radius 1 is 1.25 bits per heavy atom. The maximum absolute atomic E-state index is 9.39. The molecule has 0 saturated carbocycles. The number of hydrogen-bond donors (Lipinski definition) is 4. The van der Waals surface area contributed by atoms with E-state index in [1.54, 1.807) is 0 Å². The molecule has 0 aliphatic heterocycles. The van der Waals surface area contributed by atoms with Gasteiger partial charge in [-0.25, -0.2) is 4.99 Å². The molecule has 0 bridgehead atoms. The highest BCUT2D eigenvalue weighted by Crippen LogP contribution is 2.29. The Bertz CT molecular complexity index is 428. The third-order valence-corrected chi connectivity index (χ3v) is 1.65. The summed E-state index contributed by atoms with van der Waals surface area (Å²) in [4.78, 5) is 7.26. The first kappa shape index (κ1) is 14.3. The average molecular weight is 264 g/mol. The third-order valence-electron chi connectivity index (χ3n) is 1.42. The van der Waals surface area contributed by atoms with Crippen molar-refractivity contribution in [3.63, 3.8) is 0 Å². The Labute approximate surface area is 103 Å². The molecule has 0 atom stereocenters. The summed E-state index contributed by atoms with van der Waals surface area (Å²) >= 11 is 5.70. The number of aliphatic imine (C=N–C) groups is 2. The van der Waals surface area contributed by atoms with E-state index < -0.39 is 0 Å². The van der Waals surface area contributed by atoms with Gasteiger partial charge in [-0.3, -0.25) is 0 Å². The van der Waals surface area contributed by atoms with Gasteiger partial charge in [-0.05, 0) is 18.2 Å². The van der Waals surface area contributed by atoms with Crippen molar-refractivity contribution in [2.45, 2.75) is 0 Å². The van der Waals surface area contributed by atoms with Crippen LogP contribution in [-0.2, 0) is 0 Å². The zero-order valence-electron chi connectivity index (χ0n) is 8.09. The lowest BCUT2D eigenvalue weighted by atomic mass is 10.3. The van der Waals surface area contributed by atoms with Crippen LogP contribution in [0.4, 0.5) is 5.69 Å². The molecule has 0 spiro atoms. The lowest BCUT2D eigenvalue weighted by Gasteiger charge is -1.99. The first-order chi connectivity index (χ1) is 6.99. The van der Waals surface area contributed by atoms with E-state index in [1.165, 1.54) is 18.2 Å². The van der Waals surface area contributed by atoms with E-state index in [0.717, 1.165) is 0 Å². The van der Waals surface area contributed by atoms with Crippen LogP contribution in [0.2, 0.25) is 5.02 Å². The molecule has 16 heavy (non-hydrogen) atoms. The number of hydrogen-bond acceptors (Lipinski definition) is 2. The van der Waals surface area contributed by atoms with Crippen LogP contribution in [0.25, 0.3) is 0 Å². The van der Waals surface area contributed by atoms with E-state index in [0.29, 0.717) is 5.02 Å². The van der Waals surface area contributed by atoms with Crippen LogP contribution >= 0.6 is 24.0 Å². The molecule has 0 aromatic heterocycles. The van der Waals surface area contributed by atoms with E-state index in [2.05, 4.69) is 9.98 Å². The minimum Gasteiger partial charge on any atom is -0.506 e. The Morgan fingerprint density at radius 2 is 1.88 bits per heavy atom. The SMILES string of the molecule is Cl.NC(N)=NC(N)=Nc1cc(Cl)ccc1O. The van der Waals surface area contributed by atoms with Gasteiger partial charge in [0.2, 0.25) is 5.96 Å². The molecular formula is C8H11Cl2N5O. The number of nitrogens with two attached hydrogens (primary N) is 3. The molecule has 0 radical (unpaired) electrons. The van der Waals surface area contributed by atoms with Crippen molar-refractivity contribution in [1.29, 1.82) is 0 Å². The minimum absolute atomic E-state index is 0. The van der Waals surface area contributed by atoms with Gasteiger partial charge in [0.15, 0.2) is 5.96 Å². The molecule has 0 aliphatic carbocycles. The van der Waals surface area contributed by atoms with Gasteiger partial charge in [0, 0.05) is 5.02 Å². The zero-order chi connectivity index (χ0) is 11.4. The van der Waals surface area contributed by atoms with Gasteiger partial charge in [0.05, 0.1) is 0 Å². The fourth-order valence-electron chi connectivity index (χ4n) is 0.867. The van der Waals surface area contributed by atoms with Gasteiger partial charge in [-0.15, -0.1) is 12.4 Å². The van der Waals surface area contributed by atoms with E-state index in [-0.39, 0.29) is 35.8 Å². The quantitative estimate of drug-likeness (QED) is 0.440. The van der Waals surface area contributed by atoms with Gasteiger partial charge in [-0.1, -0.05) is 11.6 Å². The highest BCUT2D eigenvalue weighted by molar-refractivity contribution is 6.30. The standard InChI is InChI=1S/C8H10ClN5O.ClH/c9-4-1-2-6(15)5(3-4)13-8(12)14-7(10)11;/h1-3,15H,(H6,10,11,12,13,14);1H. The second kappa shape index (κ2) is 6.04. The number of benzene rings is 1. The molecule has 1 aromatic carbocycles. The molecule has 1 aromatic rings. The molecule has 0 unspecified atom stereocenters. The van der Waals surface area contributed by atoms with Gasteiger partial charge in [0.25, 0.3) is 0 Å². The summed E-state index contributed by atoms with van der Waals surface area (Å²) in [6.45, 7) is 0. The first-order valence-electron chi connectivity index (χ1n) is 3.91. The van der Waals surface area contributed by atoms with Gasteiger partial charge in [0.1, 0.15) is 11.4 Å². The second-order valence-corrected chi connectivity index (χ2v) is 3.08. The van der Waals surface area contributed by atoms with E-state index in [4.69, 9.17) is 28.8 Å². The molecule has 6 nitrogen and oxygen atoms in total. The van der Waals surface area contributed by atoms with Crippen molar-refractivity contribution in [3.8, 4) is 5.75 Å². The number of guanidine groups is 2. The summed E-state index contributed by atoms with van der Waals surface area (Å²) in [6.07, 6.45) is 0. The Morgan fingerprint density at radius 3 is 2.44 bits per heavy atom. The molecule has 0 saturated heterocycles. The van der Waals surface area contributed by atoms with E-state index in [1.807, 2.05) is 0 Å². The highest BCUT2D eigenvalue weighted by Gasteiger charge is 2.01. The lowest BCUT2D eigenvalue weighted by molar-refractivity contribution is 0.477. The second-order valence-electron chi connectivity index (χ2n) is 2.64. The molecule has 0 aliphatic rings. The molecular weight excluding hydrogens is 253 g/mol.